The van der Waals surface area contributed by atoms with Gasteiger partial charge in [-0.3, -0.25) is 9.59 Å². The molecule has 3 amide bonds. The molecule has 3 aromatic carbocycles. The molecule has 2 heterocycles. The molecule has 3 fully saturated rings. The molecule has 52 heavy (non-hydrogen) atoms. The predicted molar refractivity (Wildman–Crippen MR) is 197 cm³/mol. The molecule has 2 saturated carbocycles. The summed E-state index contributed by atoms with van der Waals surface area (Å²) in [7, 11) is 1.64. The Morgan fingerprint density at radius 2 is 1.77 bits per heavy atom. The van der Waals surface area contributed by atoms with E-state index in [1.54, 1.807) is 16.9 Å². The third kappa shape index (κ3) is 7.61. The maximum absolute atomic E-state index is 15.2. The molecule has 1 saturated heterocycles. The number of ether oxygens (including phenoxy) is 4. The first-order valence-corrected chi connectivity index (χ1v) is 18.4. The molecule has 2 aliphatic carbocycles. The summed E-state index contributed by atoms with van der Waals surface area (Å²) in [6.45, 7) is 7.34. The fourth-order valence-corrected chi connectivity index (χ4v) is 7.68. The zero-order chi connectivity index (χ0) is 36.6. The summed E-state index contributed by atoms with van der Waals surface area (Å²) in [5.74, 6) is 1.35. The van der Waals surface area contributed by atoms with E-state index in [1.807, 2.05) is 80.3 Å². The summed E-state index contributed by atoms with van der Waals surface area (Å²) in [4.78, 5) is 47.0. The Morgan fingerprint density at radius 3 is 2.48 bits per heavy atom. The van der Waals surface area contributed by atoms with E-state index in [0.717, 1.165) is 28.8 Å². The van der Waals surface area contributed by atoms with Crippen molar-refractivity contribution in [3.63, 3.8) is 0 Å². The van der Waals surface area contributed by atoms with Crippen LogP contribution in [0.1, 0.15) is 51.5 Å². The number of likely N-dealkylation sites (tertiary alicyclic amines) is 1. The van der Waals surface area contributed by atoms with Crippen LogP contribution >= 0.6 is 0 Å². The largest absolute Gasteiger partial charge is 0.491 e. The molecule has 7 rings (SSSR count). The zero-order valence-corrected chi connectivity index (χ0v) is 30.5. The Bertz CT molecular complexity index is 1800. The molecular formula is C41H49N3O8. The van der Waals surface area contributed by atoms with Crippen molar-refractivity contribution in [3.8, 4) is 22.6 Å². The van der Waals surface area contributed by atoms with Gasteiger partial charge in [0.25, 0.3) is 5.91 Å². The molecule has 0 radical (unpaired) electrons. The lowest BCUT2D eigenvalue weighted by molar-refractivity contribution is -0.125. The van der Waals surface area contributed by atoms with Crippen LogP contribution in [0.15, 0.2) is 66.7 Å². The molecule has 0 aromatic heterocycles. The Kier molecular flexibility index (Phi) is 10.2. The van der Waals surface area contributed by atoms with Gasteiger partial charge in [-0.1, -0.05) is 36.4 Å². The highest BCUT2D eigenvalue weighted by molar-refractivity contribution is 6.01. The molecule has 2 unspecified atom stereocenters. The highest BCUT2D eigenvalue weighted by Crippen LogP contribution is 2.66. The van der Waals surface area contributed by atoms with Crippen LogP contribution in [0.25, 0.3) is 11.1 Å². The fraction of sp³-hybridized carbons (Fsp3) is 0.488. The molecule has 11 nitrogen and oxygen atoms in total. The SMILES string of the molecule is COCCCN1C(=O)COc2ccc(N(C(=O)[C@H]3CN(C(=O)OC(C)(C)C)CC[C@@H]3c3cccc(-c4cccc(OCCO)c4)c3)C3C4CC43)cc21. The number of nitrogens with zero attached hydrogens (tertiary/aromatic N) is 3. The summed E-state index contributed by atoms with van der Waals surface area (Å²) >= 11 is 0. The maximum atomic E-state index is 15.2. The van der Waals surface area contributed by atoms with Crippen molar-refractivity contribution in [1.29, 1.82) is 0 Å². The average molecular weight is 712 g/mol. The molecule has 2 aliphatic heterocycles. The molecule has 3 aromatic rings. The molecule has 4 atom stereocenters. The van der Waals surface area contributed by atoms with E-state index in [0.29, 0.717) is 61.6 Å². The van der Waals surface area contributed by atoms with Crippen molar-refractivity contribution in [2.75, 3.05) is 63.0 Å². The number of rotatable bonds is 12. The van der Waals surface area contributed by atoms with Crippen molar-refractivity contribution in [2.24, 2.45) is 17.8 Å². The van der Waals surface area contributed by atoms with E-state index in [9.17, 15) is 14.7 Å². The van der Waals surface area contributed by atoms with Gasteiger partial charge in [-0.2, -0.15) is 0 Å². The number of carbonyl (C=O) groups excluding carboxylic acids is 3. The van der Waals surface area contributed by atoms with Crippen LogP contribution in [0.5, 0.6) is 11.5 Å². The van der Waals surface area contributed by atoms with Crippen LogP contribution in [0.3, 0.4) is 0 Å². The molecule has 0 spiro atoms. The van der Waals surface area contributed by atoms with Gasteiger partial charge in [0.15, 0.2) is 6.61 Å². The number of piperidine rings is 1. The Hall–Kier alpha value is -4.61. The first kappa shape index (κ1) is 35.8. The number of hydrogen-bond donors (Lipinski definition) is 1. The number of benzene rings is 3. The maximum Gasteiger partial charge on any atom is 0.410 e. The van der Waals surface area contributed by atoms with Gasteiger partial charge in [0, 0.05) is 45.1 Å². The minimum Gasteiger partial charge on any atom is -0.491 e. The van der Waals surface area contributed by atoms with Gasteiger partial charge in [-0.15, -0.1) is 0 Å². The van der Waals surface area contributed by atoms with Crippen LogP contribution in [-0.2, 0) is 19.1 Å². The van der Waals surface area contributed by atoms with Crippen molar-refractivity contribution in [2.45, 2.75) is 57.6 Å². The number of aliphatic hydroxyl groups is 1. The minimum absolute atomic E-state index is 0.0297. The van der Waals surface area contributed by atoms with Gasteiger partial charge in [-0.05, 0) is 105 Å². The predicted octanol–water partition coefficient (Wildman–Crippen LogP) is 5.88. The fourth-order valence-electron chi connectivity index (χ4n) is 7.68. The summed E-state index contributed by atoms with van der Waals surface area (Å²) in [5.41, 5.74) is 3.70. The van der Waals surface area contributed by atoms with Gasteiger partial charge in [0.05, 0.1) is 18.2 Å². The van der Waals surface area contributed by atoms with Crippen LogP contribution in [-0.4, -0.2) is 92.7 Å². The van der Waals surface area contributed by atoms with Crippen molar-refractivity contribution >= 4 is 29.3 Å². The molecule has 4 aliphatic rings. The lowest BCUT2D eigenvalue weighted by Crippen LogP contribution is -2.52. The Balaban J connectivity index is 1.23. The van der Waals surface area contributed by atoms with E-state index < -0.39 is 17.6 Å². The third-order valence-corrected chi connectivity index (χ3v) is 10.5. The highest BCUT2D eigenvalue weighted by atomic mass is 16.6. The first-order valence-electron chi connectivity index (χ1n) is 18.4. The second-order valence-electron chi connectivity index (χ2n) is 15.2. The molecule has 1 N–H and O–H groups in total. The highest BCUT2D eigenvalue weighted by Gasteiger charge is 2.68. The van der Waals surface area contributed by atoms with Crippen LogP contribution in [0.4, 0.5) is 16.2 Å². The molecule has 0 bridgehead atoms. The molecular weight excluding hydrogens is 662 g/mol. The van der Waals surface area contributed by atoms with E-state index in [2.05, 4.69) is 12.1 Å². The van der Waals surface area contributed by atoms with Gasteiger partial charge in [0.1, 0.15) is 23.7 Å². The number of anilines is 2. The number of amides is 3. The summed E-state index contributed by atoms with van der Waals surface area (Å²) < 4.78 is 22.5. The summed E-state index contributed by atoms with van der Waals surface area (Å²) in [5, 5.41) is 9.24. The van der Waals surface area contributed by atoms with E-state index in [1.165, 1.54) is 0 Å². The molecule has 276 valence electrons. The van der Waals surface area contributed by atoms with Gasteiger partial charge in [0.2, 0.25) is 5.91 Å². The van der Waals surface area contributed by atoms with Gasteiger partial charge in [-0.25, -0.2) is 4.79 Å². The van der Waals surface area contributed by atoms with Crippen LogP contribution in [0, 0.1) is 17.8 Å². The second kappa shape index (κ2) is 14.8. The quantitative estimate of drug-likeness (QED) is 0.232. The standard InChI is InChI=1S/C41H49N3O8/c1-41(2,3)52-40(48)42-16-14-31(28-10-5-8-26(20-28)27-9-6-11-30(21-27)50-19-17-45)34(24-42)39(47)44(38-32-23-33(32)38)29-12-13-36-35(22-29)43(15-7-18-49-4)37(46)25-51-36/h5-6,8-13,20-22,31-34,38,45H,7,14-19,23-25H2,1-4H3/t31-,32?,33?,34+,38?/m1/s1. The van der Waals surface area contributed by atoms with E-state index in [4.69, 9.17) is 18.9 Å². The van der Waals surface area contributed by atoms with Gasteiger partial charge < -0.3 is 38.8 Å². The van der Waals surface area contributed by atoms with Crippen LogP contribution < -0.4 is 19.3 Å². The topological polar surface area (TPSA) is 118 Å². The molecule has 11 heteroatoms. The second-order valence-corrected chi connectivity index (χ2v) is 15.2. The lowest BCUT2D eigenvalue weighted by Gasteiger charge is -2.41. The van der Waals surface area contributed by atoms with E-state index >= 15 is 4.79 Å². The summed E-state index contributed by atoms with van der Waals surface area (Å²) in [6, 6.07) is 21.8. The normalized spacial score (nSPS) is 23.2. The number of carbonyl (C=O) groups is 3. The smallest absolute Gasteiger partial charge is 0.410 e. The number of aliphatic hydroxyl groups excluding tert-OH is 1. The van der Waals surface area contributed by atoms with Gasteiger partial charge >= 0.3 is 6.09 Å². The van der Waals surface area contributed by atoms with Crippen molar-refractivity contribution in [1.82, 2.24) is 4.90 Å². The Morgan fingerprint density at radius 1 is 1.00 bits per heavy atom. The van der Waals surface area contributed by atoms with Crippen LogP contribution in [0.2, 0.25) is 0 Å². The number of methoxy groups -OCH3 is 1. The Labute approximate surface area is 305 Å². The van der Waals surface area contributed by atoms with E-state index in [-0.39, 0.29) is 50.1 Å². The third-order valence-electron chi connectivity index (χ3n) is 10.5. The average Bonchev–Trinajstić information content (AvgIpc) is 4.07. The monoisotopic (exact) mass is 711 g/mol. The van der Waals surface area contributed by atoms with Crippen molar-refractivity contribution in [3.05, 3.63) is 72.3 Å². The summed E-state index contributed by atoms with van der Waals surface area (Å²) in [6.07, 6.45) is 1.94. The number of hydrogen-bond acceptors (Lipinski definition) is 8. The number of fused-ring (bicyclic) bond motifs is 2. The zero-order valence-electron chi connectivity index (χ0n) is 30.5. The minimum atomic E-state index is -0.670. The van der Waals surface area contributed by atoms with Crippen molar-refractivity contribution < 1.29 is 38.4 Å². The first-order chi connectivity index (χ1) is 25.1. The lowest BCUT2D eigenvalue weighted by atomic mass is 9.78.